The van der Waals surface area contributed by atoms with Crippen LogP contribution >= 0.6 is 11.6 Å². The third-order valence-corrected chi connectivity index (χ3v) is 4.62. The smallest absolute Gasteiger partial charge is 0.262 e. The maximum atomic E-state index is 12.1. The lowest BCUT2D eigenvalue weighted by Crippen LogP contribution is -3.12. The molecule has 1 amide bonds. The SMILES string of the molecule is Cc1cc(Cl)ccc1OCC(=O)Nc1ccc(C[NH+]2CCOCC2)cc1. The summed E-state index contributed by atoms with van der Waals surface area (Å²) in [6, 6.07) is 13.3. The number of aryl methyl sites for hydroxylation is 1. The van der Waals surface area contributed by atoms with Crippen LogP contribution in [0.25, 0.3) is 0 Å². The van der Waals surface area contributed by atoms with Gasteiger partial charge in [-0.2, -0.15) is 0 Å². The van der Waals surface area contributed by atoms with E-state index in [1.54, 1.807) is 12.1 Å². The van der Waals surface area contributed by atoms with Crippen molar-refractivity contribution in [3.8, 4) is 5.75 Å². The van der Waals surface area contributed by atoms with Gasteiger partial charge in [-0.05, 0) is 42.8 Å². The van der Waals surface area contributed by atoms with Crippen molar-refractivity contribution in [2.24, 2.45) is 0 Å². The summed E-state index contributed by atoms with van der Waals surface area (Å²) in [6.07, 6.45) is 0. The fourth-order valence-electron chi connectivity index (χ4n) is 2.95. The minimum atomic E-state index is -0.189. The quantitative estimate of drug-likeness (QED) is 0.812. The Labute approximate surface area is 158 Å². The minimum Gasteiger partial charge on any atom is -0.483 e. The summed E-state index contributed by atoms with van der Waals surface area (Å²) in [5.41, 5.74) is 2.93. The van der Waals surface area contributed by atoms with E-state index in [1.165, 1.54) is 10.5 Å². The van der Waals surface area contributed by atoms with Crippen LogP contribution in [0.2, 0.25) is 5.02 Å². The van der Waals surface area contributed by atoms with Crippen molar-refractivity contribution in [1.82, 2.24) is 0 Å². The Bertz CT molecular complexity index is 743. The van der Waals surface area contributed by atoms with Gasteiger partial charge in [-0.3, -0.25) is 4.79 Å². The molecule has 3 rings (SSSR count). The Morgan fingerprint density at radius 2 is 1.92 bits per heavy atom. The molecule has 0 atom stereocenters. The molecule has 2 N–H and O–H groups in total. The molecule has 1 heterocycles. The van der Waals surface area contributed by atoms with Gasteiger partial charge in [0.05, 0.1) is 13.2 Å². The Hall–Kier alpha value is -2.08. The number of carbonyl (C=O) groups excluding carboxylic acids is 1. The zero-order valence-electron chi connectivity index (χ0n) is 14.9. The van der Waals surface area contributed by atoms with Gasteiger partial charge in [0.2, 0.25) is 0 Å². The lowest BCUT2D eigenvalue weighted by molar-refractivity contribution is -0.921. The number of nitrogens with one attached hydrogen (secondary N) is 2. The van der Waals surface area contributed by atoms with Crippen LogP contribution in [-0.4, -0.2) is 38.8 Å². The van der Waals surface area contributed by atoms with E-state index in [9.17, 15) is 4.79 Å². The predicted octanol–water partition coefficient (Wildman–Crippen LogP) is 2.08. The number of morpholine rings is 1. The number of quaternary nitrogens is 1. The van der Waals surface area contributed by atoms with Crippen LogP contribution in [0.1, 0.15) is 11.1 Å². The third kappa shape index (κ3) is 5.46. The Morgan fingerprint density at radius 3 is 2.62 bits per heavy atom. The highest BCUT2D eigenvalue weighted by Gasteiger charge is 2.14. The number of ether oxygens (including phenoxy) is 2. The normalized spacial score (nSPS) is 14.8. The van der Waals surface area contributed by atoms with Crippen molar-refractivity contribution < 1.29 is 19.2 Å². The molecule has 0 aliphatic carbocycles. The molecule has 6 heteroatoms. The van der Waals surface area contributed by atoms with Crippen LogP contribution in [0.3, 0.4) is 0 Å². The van der Waals surface area contributed by atoms with Crippen molar-refractivity contribution in [2.45, 2.75) is 13.5 Å². The van der Waals surface area contributed by atoms with E-state index in [0.29, 0.717) is 10.8 Å². The summed E-state index contributed by atoms with van der Waals surface area (Å²) in [5.74, 6) is 0.472. The molecule has 0 bridgehead atoms. The molecular weight excluding hydrogens is 352 g/mol. The van der Waals surface area contributed by atoms with Gasteiger partial charge in [0, 0.05) is 16.3 Å². The minimum absolute atomic E-state index is 0.0395. The molecule has 0 spiro atoms. The van der Waals surface area contributed by atoms with Gasteiger partial charge in [0.1, 0.15) is 25.4 Å². The molecule has 0 saturated carbocycles. The number of carbonyl (C=O) groups is 1. The van der Waals surface area contributed by atoms with E-state index in [2.05, 4.69) is 17.4 Å². The highest BCUT2D eigenvalue weighted by molar-refractivity contribution is 6.30. The average Bonchev–Trinajstić information content (AvgIpc) is 2.63. The standard InChI is InChI=1S/C20H23ClN2O3/c1-15-12-17(21)4-7-19(15)26-14-20(24)22-18-5-2-16(3-6-18)13-23-8-10-25-11-9-23/h2-7,12H,8-11,13-14H2,1H3,(H,22,24)/p+1. The molecule has 26 heavy (non-hydrogen) atoms. The number of anilines is 1. The maximum absolute atomic E-state index is 12.1. The molecule has 1 fully saturated rings. The highest BCUT2D eigenvalue weighted by atomic mass is 35.5. The van der Waals surface area contributed by atoms with E-state index in [1.807, 2.05) is 25.1 Å². The van der Waals surface area contributed by atoms with Crippen LogP contribution in [0, 0.1) is 6.92 Å². The first kappa shape index (κ1) is 18.7. The number of benzene rings is 2. The van der Waals surface area contributed by atoms with E-state index in [-0.39, 0.29) is 12.5 Å². The second-order valence-electron chi connectivity index (χ2n) is 6.48. The molecule has 0 aromatic heterocycles. The number of hydrogen-bond acceptors (Lipinski definition) is 3. The summed E-state index contributed by atoms with van der Waals surface area (Å²) in [4.78, 5) is 13.6. The van der Waals surface area contributed by atoms with E-state index in [4.69, 9.17) is 21.1 Å². The lowest BCUT2D eigenvalue weighted by Gasteiger charge is -2.23. The van der Waals surface area contributed by atoms with Crippen molar-refractivity contribution in [2.75, 3.05) is 38.2 Å². The predicted molar refractivity (Wildman–Crippen MR) is 102 cm³/mol. The molecule has 1 saturated heterocycles. The van der Waals surface area contributed by atoms with Crippen molar-refractivity contribution in [3.63, 3.8) is 0 Å². The molecule has 138 valence electrons. The topological polar surface area (TPSA) is 52.0 Å². The summed E-state index contributed by atoms with van der Waals surface area (Å²) < 4.78 is 10.9. The summed E-state index contributed by atoms with van der Waals surface area (Å²) in [6.45, 7) is 6.58. The Balaban J connectivity index is 1.47. The van der Waals surface area contributed by atoms with Gasteiger partial charge in [0.25, 0.3) is 5.91 Å². The highest BCUT2D eigenvalue weighted by Crippen LogP contribution is 2.21. The first-order chi connectivity index (χ1) is 12.6. The number of amides is 1. The molecule has 2 aromatic rings. The van der Waals surface area contributed by atoms with Crippen LogP contribution in [-0.2, 0) is 16.1 Å². The molecule has 2 aromatic carbocycles. The summed E-state index contributed by atoms with van der Waals surface area (Å²) >= 11 is 5.92. The molecular formula is C20H24ClN2O3+. The molecule has 0 unspecified atom stereocenters. The van der Waals surface area contributed by atoms with Crippen LogP contribution < -0.4 is 15.0 Å². The van der Waals surface area contributed by atoms with Gasteiger partial charge in [-0.15, -0.1) is 0 Å². The Morgan fingerprint density at radius 1 is 1.19 bits per heavy atom. The molecule has 0 radical (unpaired) electrons. The monoisotopic (exact) mass is 375 g/mol. The second-order valence-corrected chi connectivity index (χ2v) is 6.92. The molecule has 1 aliphatic heterocycles. The zero-order valence-corrected chi connectivity index (χ0v) is 15.6. The van der Waals surface area contributed by atoms with Gasteiger partial charge in [0.15, 0.2) is 6.61 Å². The fourth-order valence-corrected chi connectivity index (χ4v) is 3.17. The van der Waals surface area contributed by atoms with Crippen LogP contribution in [0.15, 0.2) is 42.5 Å². The number of hydrogen-bond donors (Lipinski definition) is 2. The van der Waals surface area contributed by atoms with Crippen LogP contribution in [0.4, 0.5) is 5.69 Å². The summed E-state index contributed by atoms with van der Waals surface area (Å²) in [5, 5.41) is 3.51. The van der Waals surface area contributed by atoms with Gasteiger partial charge in [-0.25, -0.2) is 0 Å². The van der Waals surface area contributed by atoms with Gasteiger partial charge in [-0.1, -0.05) is 23.7 Å². The average molecular weight is 376 g/mol. The van der Waals surface area contributed by atoms with Gasteiger partial charge < -0.3 is 19.7 Å². The fraction of sp³-hybridized carbons (Fsp3) is 0.350. The molecule has 1 aliphatic rings. The maximum Gasteiger partial charge on any atom is 0.262 e. The van der Waals surface area contributed by atoms with E-state index >= 15 is 0 Å². The van der Waals surface area contributed by atoms with Gasteiger partial charge >= 0.3 is 0 Å². The third-order valence-electron chi connectivity index (χ3n) is 4.39. The second kappa shape index (κ2) is 9.03. The first-order valence-electron chi connectivity index (χ1n) is 8.79. The van der Waals surface area contributed by atoms with E-state index < -0.39 is 0 Å². The van der Waals surface area contributed by atoms with E-state index in [0.717, 1.165) is 44.1 Å². The first-order valence-corrected chi connectivity index (χ1v) is 9.17. The van der Waals surface area contributed by atoms with Crippen LogP contribution in [0.5, 0.6) is 5.75 Å². The van der Waals surface area contributed by atoms with Crippen molar-refractivity contribution >= 4 is 23.2 Å². The van der Waals surface area contributed by atoms with Crippen molar-refractivity contribution in [3.05, 3.63) is 58.6 Å². The number of halogens is 1. The van der Waals surface area contributed by atoms with Crippen molar-refractivity contribution in [1.29, 1.82) is 0 Å². The largest absolute Gasteiger partial charge is 0.483 e. The Kier molecular flexibility index (Phi) is 6.50. The lowest BCUT2D eigenvalue weighted by atomic mass is 10.2. The number of rotatable bonds is 6. The summed E-state index contributed by atoms with van der Waals surface area (Å²) in [7, 11) is 0. The molecule has 5 nitrogen and oxygen atoms in total. The zero-order chi connectivity index (χ0) is 18.4.